The van der Waals surface area contributed by atoms with E-state index in [2.05, 4.69) is 54.7 Å². The van der Waals surface area contributed by atoms with Gasteiger partial charge < -0.3 is 4.57 Å². The van der Waals surface area contributed by atoms with E-state index in [0.29, 0.717) is 11.8 Å². The van der Waals surface area contributed by atoms with Gasteiger partial charge in [0.2, 0.25) is 0 Å². The first-order valence-corrected chi connectivity index (χ1v) is 9.05. The number of hydrogen-bond acceptors (Lipinski definition) is 2. The van der Waals surface area contributed by atoms with Crippen molar-refractivity contribution in [2.45, 2.75) is 53.1 Å². The lowest BCUT2D eigenvalue weighted by Gasteiger charge is -2.14. The molecular weight excluding hydrogens is 296 g/mol. The van der Waals surface area contributed by atoms with Crippen LogP contribution in [0.25, 0.3) is 11.0 Å². The van der Waals surface area contributed by atoms with E-state index in [0.717, 1.165) is 31.4 Å². The third kappa shape index (κ3) is 4.05. The van der Waals surface area contributed by atoms with Gasteiger partial charge in [0, 0.05) is 31.9 Å². The van der Waals surface area contributed by atoms with Gasteiger partial charge in [0.15, 0.2) is 0 Å². The summed E-state index contributed by atoms with van der Waals surface area (Å²) in [6, 6.07) is 10.5. The van der Waals surface area contributed by atoms with Crippen molar-refractivity contribution in [2.75, 3.05) is 0 Å². The highest BCUT2D eigenvalue weighted by Gasteiger charge is 2.14. The average molecular weight is 324 g/mol. The Hall–Kier alpha value is -2.10. The number of rotatable bonds is 8. The third-order valence-electron chi connectivity index (χ3n) is 4.60. The molecule has 0 saturated heterocycles. The molecule has 0 aliphatic carbocycles. The molecule has 3 rings (SSSR count). The van der Waals surface area contributed by atoms with Gasteiger partial charge in [-0.1, -0.05) is 32.9 Å². The van der Waals surface area contributed by atoms with Gasteiger partial charge in [-0.15, -0.1) is 0 Å². The molecule has 0 fully saturated rings. The van der Waals surface area contributed by atoms with Gasteiger partial charge in [0.25, 0.3) is 0 Å². The Bertz CT molecular complexity index is 755. The normalized spacial score (nSPS) is 13.0. The number of hydrogen-bond donors (Lipinski definition) is 0. The van der Waals surface area contributed by atoms with E-state index in [-0.39, 0.29) is 0 Å². The van der Waals surface area contributed by atoms with E-state index < -0.39 is 0 Å². The lowest BCUT2D eigenvalue weighted by atomic mass is 10.0. The van der Waals surface area contributed by atoms with Crippen LogP contribution in [0, 0.1) is 11.8 Å². The van der Waals surface area contributed by atoms with Gasteiger partial charge >= 0.3 is 0 Å². The topological polar surface area (TPSA) is 35.6 Å². The van der Waals surface area contributed by atoms with Crippen molar-refractivity contribution < 1.29 is 0 Å². The molecule has 0 aliphatic heterocycles. The summed E-state index contributed by atoms with van der Waals surface area (Å²) in [7, 11) is 0. The monoisotopic (exact) mass is 324 g/mol. The zero-order chi connectivity index (χ0) is 16.9. The average Bonchev–Trinajstić information content (AvgIpc) is 3.18. The Morgan fingerprint density at radius 1 is 1.00 bits per heavy atom. The van der Waals surface area contributed by atoms with Crippen molar-refractivity contribution >= 4 is 11.0 Å². The number of benzene rings is 1. The minimum absolute atomic E-state index is 0.587. The fourth-order valence-electron chi connectivity index (χ4n) is 3.12. The highest BCUT2D eigenvalue weighted by atomic mass is 15.3. The number of fused-ring (bicyclic) bond motifs is 1. The highest BCUT2D eigenvalue weighted by molar-refractivity contribution is 5.75. The van der Waals surface area contributed by atoms with Gasteiger partial charge in [-0.3, -0.25) is 4.68 Å². The van der Waals surface area contributed by atoms with Crippen LogP contribution in [0.2, 0.25) is 0 Å². The lowest BCUT2D eigenvalue weighted by Crippen LogP contribution is -2.12. The van der Waals surface area contributed by atoms with Crippen molar-refractivity contribution in [2.24, 2.45) is 11.8 Å². The van der Waals surface area contributed by atoms with Crippen LogP contribution in [0.5, 0.6) is 0 Å². The van der Waals surface area contributed by atoms with Gasteiger partial charge in [-0.25, -0.2) is 4.98 Å². The summed E-state index contributed by atoms with van der Waals surface area (Å²) < 4.78 is 4.44. The molecule has 1 aromatic carbocycles. The molecule has 1 atom stereocenters. The molecule has 0 N–H and O–H groups in total. The van der Waals surface area contributed by atoms with Crippen molar-refractivity contribution in [3.05, 3.63) is 48.5 Å². The predicted molar refractivity (Wildman–Crippen MR) is 98.9 cm³/mol. The highest BCUT2D eigenvalue weighted by Crippen LogP contribution is 2.21. The maximum absolute atomic E-state index is 4.92. The SMILES string of the molecule is CC(C)CCn1c(CC(C)CCn2cccn2)nc2ccccc21. The molecule has 0 saturated carbocycles. The standard InChI is InChI=1S/C20H28N4/c1-16(2)9-14-24-19-8-5-4-7-18(19)22-20(24)15-17(3)10-13-23-12-6-11-21-23/h4-8,11-12,16-17H,9-10,13-15H2,1-3H3. The van der Waals surface area contributed by atoms with Gasteiger partial charge in [-0.2, -0.15) is 5.10 Å². The summed E-state index contributed by atoms with van der Waals surface area (Å²) in [6.45, 7) is 8.91. The Morgan fingerprint density at radius 2 is 1.83 bits per heavy atom. The molecule has 1 unspecified atom stereocenters. The van der Waals surface area contributed by atoms with Crippen LogP contribution >= 0.6 is 0 Å². The minimum Gasteiger partial charge on any atom is -0.328 e. The van der Waals surface area contributed by atoms with Crippen LogP contribution in [0.3, 0.4) is 0 Å². The second-order valence-corrected chi connectivity index (χ2v) is 7.22. The fourth-order valence-corrected chi connectivity index (χ4v) is 3.12. The molecule has 0 radical (unpaired) electrons. The van der Waals surface area contributed by atoms with Gasteiger partial charge in [-0.05, 0) is 42.9 Å². The molecule has 0 aliphatic rings. The van der Waals surface area contributed by atoms with Crippen molar-refractivity contribution in [1.29, 1.82) is 0 Å². The van der Waals surface area contributed by atoms with Crippen LogP contribution in [0.4, 0.5) is 0 Å². The summed E-state index contributed by atoms with van der Waals surface area (Å²) in [5, 5.41) is 4.29. The summed E-state index contributed by atoms with van der Waals surface area (Å²) in [5.74, 6) is 2.52. The largest absolute Gasteiger partial charge is 0.328 e. The Kier molecular flexibility index (Phi) is 5.34. The first kappa shape index (κ1) is 16.7. The molecule has 0 spiro atoms. The molecule has 4 nitrogen and oxygen atoms in total. The van der Waals surface area contributed by atoms with E-state index in [1.165, 1.54) is 17.8 Å². The van der Waals surface area contributed by atoms with Crippen LogP contribution in [0.15, 0.2) is 42.7 Å². The molecule has 24 heavy (non-hydrogen) atoms. The Labute approximate surface area is 144 Å². The summed E-state index contributed by atoms with van der Waals surface area (Å²) in [6.07, 6.45) is 7.21. The molecule has 0 bridgehead atoms. The van der Waals surface area contributed by atoms with Crippen LogP contribution < -0.4 is 0 Å². The van der Waals surface area contributed by atoms with E-state index in [4.69, 9.17) is 4.98 Å². The minimum atomic E-state index is 0.587. The molecule has 4 heteroatoms. The summed E-state index contributed by atoms with van der Waals surface area (Å²) in [5.41, 5.74) is 2.39. The molecule has 0 amide bonds. The first-order valence-electron chi connectivity index (χ1n) is 9.05. The van der Waals surface area contributed by atoms with Crippen molar-refractivity contribution in [1.82, 2.24) is 19.3 Å². The van der Waals surface area contributed by atoms with Crippen LogP contribution in [-0.4, -0.2) is 19.3 Å². The molecule has 128 valence electrons. The second-order valence-electron chi connectivity index (χ2n) is 7.22. The molecular formula is C20H28N4. The van der Waals surface area contributed by atoms with Gasteiger partial charge in [0.1, 0.15) is 5.82 Å². The zero-order valence-electron chi connectivity index (χ0n) is 15.0. The predicted octanol–water partition coefficient (Wildman–Crippen LogP) is 4.55. The molecule has 2 heterocycles. The third-order valence-corrected chi connectivity index (χ3v) is 4.60. The molecule has 3 aromatic rings. The van der Waals surface area contributed by atoms with E-state index in [1.54, 1.807) is 0 Å². The summed E-state index contributed by atoms with van der Waals surface area (Å²) >= 11 is 0. The van der Waals surface area contributed by atoms with E-state index in [9.17, 15) is 0 Å². The quantitative estimate of drug-likeness (QED) is 0.609. The van der Waals surface area contributed by atoms with Crippen molar-refractivity contribution in [3.8, 4) is 0 Å². The number of imidazole rings is 1. The van der Waals surface area contributed by atoms with E-state index in [1.807, 2.05) is 23.1 Å². The fraction of sp³-hybridized carbons (Fsp3) is 0.500. The number of nitrogens with zero attached hydrogens (tertiary/aromatic N) is 4. The maximum atomic E-state index is 4.92. The van der Waals surface area contributed by atoms with E-state index >= 15 is 0 Å². The zero-order valence-corrected chi connectivity index (χ0v) is 15.0. The lowest BCUT2D eigenvalue weighted by molar-refractivity contribution is 0.437. The Balaban J connectivity index is 1.73. The number of aromatic nitrogens is 4. The van der Waals surface area contributed by atoms with Crippen molar-refractivity contribution in [3.63, 3.8) is 0 Å². The maximum Gasteiger partial charge on any atom is 0.110 e. The van der Waals surface area contributed by atoms with Crippen LogP contribution in [-0.2, 0) is 19.5 Å². The summed E-state index contributed by atoms with van der Waals surface area (Å²) in [4.78, 5) is 4.92. The van der Waals surface area contributed by atoms with Crippen LogP contribution in [0.1, 0.15) is 39.4 Å². The van der Waals surface area contributed by atoms with Gasteiger partial charge in [0.05, 0.1) is 11.0 Å². The second kappa shape index (κ2) is 7.65. The number of aryl methyl sites for hydroxylation is 2. The molecule has 2 aromatic heterocycles. The first-order chi connectivity index (χ1) is 11.6. The smallest absolute Gasteiger partial charge is 0.110 e. The number of para-hydroxylation sites is 2. The Morgan fingerprint density at radius 3 is 2.58 bits per heavy atom.